The van der Waals surface area contributed by atoms with Gasteiger partial charge in [0.05, 0.1) is 0 Å². The largest absolute Gasteiger partial charge is 0.334 e. The summed E-state index contributed by atoms with van der Waals surface area (Å²) in [6, 6.07) is 14.7. The smallest absolute Gasteiger partial charge is 0.254 e. The van der Waals surface area contributed by atoms with Crippen LogP contribution in [0.15, 0.2) is 53.4 Å². The molecular formula is C23H27FN2OS. The zero-order valence-electron chi connectivity index (χ0n) is 16.1. The maximum absolute atomic E-state index is 12.9. The molecule has 0 aliphatic carbocycles. The third-order valence-corrected chi connectivity index (χ3v) is 6.88. The van der Waals surface area contributed by atoms with Crippen molar-refractivity contribution in [3.63, 3.8) is 0 Å². The van der Waals surface area contributed by atoms with E-state index in [-0.39, 0.29) is 11.7 Å². The Morgan fingerprint density at radius 2 is 1.79 bits per heavy atom. The molecule has 0 N–H and O–H groups in total. The maximum Gasteiger partial charge on any atom is 0.254 e. The molecule has 0 bridgehead atoms. The Bertz CT molecular complexity index is 803. The van der Waals surface area contributed by atoms with Crippen LogP contribution < -0.4 is 0 Å². The molecule has 0 atom stereocenters. The highest BCUT2D eigenvalue weighted by molar-refractivity contribution is 7.99. The number of likely N-dealkylation sites (tertiary alicyclic amines) is 1. The average molecular weight is 399 g/mol. The molecule has 3 nitrogen and oxygen atoms in total. The highest BCUT2D eigenvalue weighted by atomic mass is 32.2. The van der Waals surface area contributed by atoms with E-state index in [9.17, 15) is 9.18 Å². The van der Waals surface area contributed by atoms with Gasteiger partial charge < -0.3 is 9.80 Å². The van der Waals surface area contributed by atoms with Crippen molar-refractivity contribution in [1.82, 2.24) is 9.80 Å². The summed E-state index contributed by atoms with van der Waals surface area (Å²) in [5, 5.41) is 0. The van der Waals surface area contributed by atoms with Crippen molar-refractivity contribution in [2.24, 2.45) is 5.92 Å². The van der Waals surface area contributed by atoms with Gasteiger partial charge in [0.2, 0.25) is 0 Å². The number of nitrogens with zero attached hydrogens (tertiary/aromatic N) is 2. The lowest BCUT2D eigenvalue weighted by atomic mass is 9.96. The second kappa shape index (κ2) is 9.10. The number of amides is 1. The number of piperidine rings is 1. The maximum atomic E-state index is 12.9. The normalized spacial score (nSPS) is 17.9. The van der Waals surface area contributed by atoms with Crippen molar-refractivity contribution < 1.29 is 9.18 Å². The third-order valence-electron chi connectivity index (χ3n) is 5.78. The molecule has 1 fully saturated rings. The summed E-state index contributed by atoms with van der Waals surface area (Å²) in [7, 11) is 0. The summed E-state index contributed by atoms with van der Waals surface area (Å²) in [4.78, 5) is 18.2. The molecule has 2 aliphatic rings. The lowest BCUT2D eigenvalue weighted by molar-refractivity contribution is 0.0714. The van der Waals surface area contributed by atoms with Crippen LogP contribution in [0.4, 0.5) is 4.39 Å². The Hall–Kier alpha value is -1.85. The minimum absolute atomic E-state index is 0.174. The van der Waals surface area contributed by atoms with E-state index in [1.807, 2.05) is 35.2 Å². The first-order valence-corrected chi connectivity index (χ1v) is 11.2. The first-order chi connectivity index (χ1) is 13.7. The minimum Gasteiger partial charge on any atom is -0.334 e. The Balaban J connectivity index is 1.14. The number of fused-ring (bicyclic) bond motifs is 1. The molecule has 1 saturated heterocycles. The van der Waals surface area contributed by atoms with Crippen molar-refractivity contribution in [2.75, 3.05) is 31.9 Å². The highest BCUT2D eigenvalue weighted by Crippen LogP contribution is 2.26. The van der Waals surface area contributed by atoms with E-state index in [2.05, 4.69) is 11.0 Å². The van der Waals surface area contributed by atoms with Gasteiger partial charge in [0, 0.05) is 23.5 Å². The van der Waals surface area contributed by atoms with E-state index >= 15 is 0 Å². The number of carbonyl (C=O) groups is 1. The second-order valence-corrected chi connectivity index (χ2v) is 8.95. The number of carbonyl (C=O) groups excluding carboxylic acids is 1. The first kappa shape index (κ1) is 19.5. The number of benzene rings is 2. The molecule has 28 heavy (non-hydrogen) atoms. The Kier molecular flexibility index (Phi) is 6.33. The predicted octanol–water partition coefficient (Wildman–Crippen LogP) is 4.68. The highest BCUT2D eigenvalue weighted by Gasteiger charge is 2.29. The molecule has 0 aromatic heterocycles. The van der Waals surface area contributed by atoms with Gasteiger partial charge in [0.1, 0.15) is 5.82 Å². The third kappa shape index (κ3) is 4.76. The van der Waals surface area contributed by atoms with E-state index in [4.69, 9.17) is 0 Å². The fourth-order valence-electron chi connectivity index (χ4n) is 4.18. The number of hydrogen-bond donors (Lipinski definition) is 0. The molecule has 4 rings (SSSR count). The summed E-state index contributed by atoms with van der Waals surface area (Å²) in [5.41, 5.74) is 2.06. The standard InChI is InChI=1S/C23H27FN2OS/c24-20-6-8-21(9-7-20)28-15-3-12-25-13-10-18(11-14-25)16-26-17-19-4-1-2-5-22(19)23(26)27/h1-2,4-9,18H,3,10-17H2. The molecule has 2 aliphatic heterocycles. The van der Waals surface area contributed by atoms with Crippen molar-refractivity contribution >= 4 is 17.7 Å². The Morgan fingerprint density at radius 1 is 1.04 bits per heavy atom. The van der Waals surface area contributed by atoms with Gasteiger partial charge in [-0.1, -0.05) is 18.2 Å². The molecule has 2 aromatic rings. The van der Waals surface area contributed by atoms with Gasteiger partial charge in [0.15, 0.2) is 0 Å². The molecule has 5 heteroatoms. The van der Waals surface area contributed by atoms with Crippen molar-refractivity contribution in [3.8, 4) is 0 Å². The molecule has 0 spiro atoms. The van der Waals surface area contributed by atoms with E-state index in [0.717, 1.165) is 55.4 Å². The summed E-state index contributed by atoms with van der Waals surface area (Å²) in [6.45, 7) is 5.04. The van der Waals surface area contributed by atoms with Crippen molar-refractivity contribution in [1.29, 1.82) is 0 Å². The lowest BCUT2D eigenvalue weighted by Crippen LogP contribution is -2.39. The summed E-state index contributed by atoms with van der Waals surface area (Å²) >= 11 is 1.80. The van der Waals surface area contributed by atoms with Gasteiger partial charge >= 0.3 is 0 Å². The van der Waals surface area contributed by atoms with Gasteiger partial charge in [0.25, 0.3) is 5.91 Å². The second-order valence-electron chi connectivity index (χ2n) is 7.78. The predicted molar refractivity (Wildman–Crippen MR) is 112 cm³/mol. The topological polar surface area (TPSA) is 23.6 Å². The van der Waals surface area contributed by atoms with Gasteiger partial charge in [-0.2, -0.15) is 0 Å². The van der Waals surface area contributed by atoms with E-state index in [1.165, 1.54) is 30.5 Å². The molecule has 0 radical (unpaired) electrons. The van der Waals surface area contributed by atoms with Crippen LogP contribution in [-0.4, -0.2) is 47.6 Å². The van der Waals surface area contributed by atoms with Crippen LogP contribution in [0, 0.1) is 11.7 Å². The van der Waals surface area contributed by atoms with Crippen molar-refractivity contribution in [3.05, 3.63) is 65.5 Å². The van der Waals surface area contributed by atoms with Gasteiger partial charge in [-0.3, -0.25) is 4.79 Å². The number of thioether (sulfide) groups is 1. The molecule has 0 saturated carbocycles. The SMILES string of the molecule is O=C1c2ccccc2CN1CC1CCN(CCCSc2ccc(F)cc2)CC1. The molecule has 0 unspecified atom stereocenters. The first-order valence-electron chi connectivity index (χ1n) is 10.2. The van der Waals surface area contributed by atoms with Gasteiger partial charge in [-0.25, -0.2) is 4.39 Å². The summed E-state index contributed by atoms with van der Waals surface area (Å²) < 4.78 is 12.9. The van der Waals surface area contributed by atoms with E-state index < -0.39 is 0 Å². The lowest BCUT2D eigenvalue weighted by Gasteiger charge is -2.33. The average Bonchev–Trinajstić information content (AvgIpc) is 3.04. The van der Waals surface area contributed by atoms with E-state index in [1.54, 1.807) is 11.8 Å². The zero-order valence-corrected chi connectivity index (χ0v) is 17.0. The Labute approximate surface area is 170 Å². The van der Waals surface area contributed by atoms with Crippen LogP contribution in [0.25, 0.3) is 0 Å². The van der Waals surface area contributed by atoms with Crippen LogP contribution in [-0.2, 0) is 6.54 Å². The van der Waals surface area contributed by atoms with Crippen LogP contribution in [0.3, 0.4) is 0 Å². The van der Waals surface area contributed by atoms with Crippen LogP contribution in [0.1, 0.15) is 35.2 Å². The minimum atomic E-state index is -0.174. The molecule has 1 amide bonds. The summed E-state index contributed by atoms with van der Waals surface area (Å²) in [6.07, 6.45) is 3.49. The zero-order chi connectivity index (χ0) is 19.3. The van der Waals surface area contributed by atoms with Crippen LogP contribution >= 0.6 is 11.8 Å². The fraction of sp³-hybridized carbons (Fsp3) is 0.435. The van der Waals surface area contributed by atoms with Gasteiger partial charge in [-0.15, -0.1) is 11.8 Å². The van der Waals surface area contributed by atoms with Crippen LogP contribution in [0.2, 0.25) is 0 Å². The Morgan fingerprint density at radius 3 is 2.54 bits per heavy atom. The van der Waals surface area contributed by atoms with E-state index in [0.29, 0.717) is 5.92 Å². The number of hydrogen-bond acceptors (Lipinski definition) is 3. The molecular weight excluding hydrogens is 371 g/mol. The van der Waals surface area contributed by atoms with Crippen molar-refractivity contribution in [2.45, 2.75) is 30.7 Å². The van der Waals surface area contributed by atoms with Crippen LogP contribution in [0.5, 0.6) is 0 Å². The summed E-state index contributed by atoms with van der Waals surface area (Å²) in [5.74, 6) is 1.71. The number of halogens is 1. The van der Waals surface area contributed by atoms with Gasteiger partial charge in [-0.05, 0) is 86.5 Å². The quantitative estimate of drug-likeness (QED) is 0.500. The molecule has 2 aromatic carbocycles. The monoisotopic (exact) mass is 398 g/mol. The molecule has 2 heterocycles. The number of rotatable bonds is 7. The fourth-order valence-corrected chi connectivity index (χ4v) is 5.01. The molecule has 148 valence electrons.